The van der Waals surface area contributed by atoms with Crippen molar-refractivity contribution < 1.29 is 4.79 Å². The number of fused-ring (bicyclic) bond motifs is 2. The number of nitrogens with two attached hydrogens (primary N) is 1. The lowest BCUT2D eigenvalue weighted by Crippen LogP contribution is -2.13. The van der Waals surface area contributed by atoms with Gasteiger partial charge in [-0.3, -0.25) is 4.79 Å². The van der Waals surface area contributed by atoms with E-state index in [0.717, 1.165) is 26.9 Å². The van der Waals surface area contributed by atoms with E-state index < -0.39 is 0 Å². The van der Waals surface area contributed by atoms with E-state index in [-0.39, 0.29) is 5.91 Å². The fourth-order valence-corrected chi connectivity index (χ4v) is 4.22. The van der Waals surface area contributed by atoms with Gasteiger partial charge in [0, 0.05) is 16.5 Å². The summed E-state index contributed by atoms with van der Waals surface area (Å²) in [5.74, 6) is 0.860. The van der Waals surface area contributed by atoms with E-state index in [4.69, 9.17) is 5.73 Å². The van der Waals surface area contributed by atoms with Crippen molar-refractivity contribution in [3.8, 4) is 0 Å². The highest BCUT2D eigenvalue weighted by atomic mass is 32.1. The second kappa shape index (κ2) is 5.10. The molecule has 0 aliphatic rings. The molecule has 3 aromatic heterocycles. The Balaban J connectivity index is 1.95. The SMILES string of the molecule is Cc1nc(C)c2c(C)c(C(=O)n3nc(N)c4ccccc43)sc2n1. The molecule has 7 heteroatoms. The Kier molecular flexibility index (Phi) is 3.14. The van der Waals surface area contributed by atoms with E-state index in [1.165, 1.54) is 16.0 Å². The van der Waals surface area contributed by atoms with Gasteiger partial charge in [-0.2, -0.15) is 4.68 Å². The maximum atomic E-state index is 13.1. The summed E-state index contributed by atoms with van der Waals surface area (Å²) in [4.78, 5) is 23.4. The highest BCUT2D eigenvalue weighted by molar-refractivity contribution is 7.20. The Morgan fingerprint density at radius 1 is 1.17 bits per heavy atom. The summed E-state index contributed by atoms with van der Waals surface area (Å²) in [5.41, 5.74) is 8.42. The second-order valence-corrected chi connectivity index (χ2v) is 6.71. The van der Waals surface area contributed by atoms with E-state index >= 15 is 0 Å². The van der Waals surface area contributed by atoms with Crippen LogP contribution in [0.4, 0.5) is 5.82 Å². The fourth-order valence-electron chi connectivity index (χ4n) is 3.02. The summed E-state index contributed by atoms with van der Waals surface area (Å²) in [7, 11) is 0. The number of carbonyl (C=O) groups excluding carboxylic acids is 1. The predicted octanol–water partition coefficient (Wildman–Crippen LogP) is 3.24. The van der Waals surface area contributed by atoms with Crippen LogP contribution in [0.5, 0.6) is 0 Å². The van der Waals surface area contributed by atoms with Gasteiger partial charge in [-0.25, -0.2) is 9.97 Å². The predicted molar refractivity (Wildman–Crippen MR) is 95.5 cm³/mol. The van der Waals surface area contributed by atoms with Crippen molar-refractivity contribution in [2.24, 2.45) is 0 Å². The zero-order valence-electron chi connectivity index (χ0n) is 13.5. The van der Waals surface area contributed by atoms with Crippen molar-refractivity contribution in [2.75, 3.05) is 5.73 Å². The molecule has 0 radical (unpaired) electrons. The smallest absolute Gasteiger partial charge is 0.289 e. The Bertz CT molecular complexity index is 1130. The van der Waals surface area contributed by atoms with Crippen molar-refractivity contribution in [2.45, 2.75) is 20.8 Å². The summed E-state index contributed by atoms with van der Waals surface area (Å²) in [6.07, 6.45) is 0. The average Bonchev–Trinajstić information content (AvgIpc) is 3.05. The third-order valence-electron chi connectivity index (χ3n) is 4.09. The minimum Gasteiger partial charge on any atom is -0.382 e. The molecule has 0 bridgehead atoms. The molecule has 4 rings (SSSR count). The van der Waals surface area contributed by atoms with Gasteiger partial charge in [-0.1, -0.05) is 12.1 Å². The topological polar surface area (TPSA) is 86.7 Å². The van der Waals surface area contributed by atoms with Crippen LogP contribution in [-0.2, 0) is 0 Å². The first-order valence-corrected chi connectivity index (χ1v) is 8.31. The molecule has 0 fully saturated rings. The first-order valence-electron chi connectivity index (χ1n) is 7.49. The monoisotopic (exact) mass is 337 g/mol. The molecule has 3 heterocycles. The molecular weight excluding hydrogens is 322 g/mol. The summed E-state index contributed by atoms with van der Waals surface area (Å²) >= 11 is 1.37. The number of para-hydroxylation sites is 1. The van der Waals surface area contributed by atoms with Crippen LogP contribution < -0.4 is 5.73 Å². The first kappa shape index (κ1) is 14.8. The number of nitrogen functional groups attached to an aromatic ring is 1. The number of hydrogen-bond donors (Lipinski definition) is 1. The van der Waals surface area contributed by atoms with Gasteiger partial charge in [0.2, 0.25) is 0 Å². The van der Waals surface area contributed by atoms with Gasteiger partial charge in [0.05, 0.1) is 5.52 Å². The standard InChI is InChI=1S/C17H15N5OS/c1-8-13-9(2)19-10(3)20-16(13)24-14(8)17(23)22-12-7-5-4-6-11(12)15(18)21-22/h4-7H,1-3H3,(H2,18,21). The molecule has 4 aromatic rings. The van der Waals surface area contributed by atoms with Gasteiger partial charge in [0.1, 0.15) is 15.5 Å². The van der Waals surface area contributed by atoms with Gasteiger partial charge >= 0.3 is 0 Å². The second-order valence-electron chi connectivity index (χ2n) is 5.71. The van der Waals surface area contributed by atoms with E-state index in [1.807, 2.05) is 45.0 Å². The van der Waals surface area contributed by atoms with Crippen LogP contribution in [0.25, 0.3) is 21.1 Å². The zero-order chi connectivity index (χ0) is 17.0. The molecule has 6 nitrogen and oxygen atoms in total. The van der Waals surface area contributed by atoms with Gasteiger partial charge in [-0.05, 0) is 38.5 Å². The largest absolute Gasteiger partial charge is 0.382 e. The molecule has 0 saturated heterocycles. The molecular formula is C17H15N5OS. The van der Waals surface area contributed by atoms with Crippen LogP contribution in [0, 0.1) is 20.8 Å². The van der Waals surface area contributed by atoms with E-state index in [9.17, 15) is 4.79 Å². The molecule has 0 spiro atoms. The molecule has 0 aliphatic heterocycles. The molecule has 0 atom stereocenters. The van der Waals surface area contributed by atoms with Crippen LogP contribution in [0.15, 0.2) is 24.3 Å². The number of rotatable bonds is 1. The number of nitrogens with zero attached hydrogens (tertiary/aromatic N) is 4. The Morgan fingerprint density at radius 3 is 2.71 bits per heavy atom. The Hall–Kier alpha value is -2.80. The first-order chi connectivity index (χ1) is 11.5. The van der Waals surface area contributed by atoms with Crippen LogP contribution in [0.2, 0.25) is 0 Å². The normalized spacial score (nSPS) is 11.5. The van der Waals surface area contributed by atoms with Crippen molar-refractivity contribution >= 4 is 44.2 Å². The number of aryl methyl sites for hydroxylation is 3. The van der Waals surface area contributed by atoms with Crippen LogP contribution in [0.1, 0.15) is 26.8 Å². The van der Waals surface area contributed by atoms with Gasteiger partial charge in [0.25, 0.3) is 5.91 Å². The van der Waals surface area contributed by atoms with Crippen molar-refractivity contribution in [1.29, 1.82) is 0 Å². The number of anilines is 1. The van der Waals surface area contributed by atoms with E-state index in [2.05, 4.69) is 15.1 Å². The lowest BCUT2D eigenvalue weighted by molar-refractivity contribution is 0.0954. The van der Waals surface area contributed by atoms with E-state index in [1.54, 1.807) is 0 Å². The summed E-state index contributed by atoms with van der Waals surface area (Å²) in [6.45, 7) is 5.71. The quantitative estimate of drug-likeness (QED) is 0.576. The van der Waals surface area contributed by atoms with Crippen molar-refractivity contribution in [3.05, 3.63) is 46.2 Å². The number of thiophene rings is 1. The third kappa shape index (κ3) is 2.01. The molecule has 0 amide bonds. The molecule has 1 aromatic carbocycles. The van der Waals surface area contributed by atoms with Gasteiger partial charge in [0.15, 0.2) is 5.82 Å². The molecule has 0 saturated carbocycles. The maximum Gasteiger partial charge on any atom is 0.289 e. The van der Waals surface area contributed by atoms with Gasteiger partial charge < -0.3 is 5.73 Å². The third-order valence-corrected chi connectivity index (χ3v) is 5.26. The Labute approximate surface area is 141 Å². The molecule has 0 aliphatic carbocycles. The van der Waals surface area contributed by atoms with Crippen molar-refractivity contribution in [1.82, 2.24) is 19.7 Å². The lowest BCUT2D eigenvalue weighted by Gasteiger charge is -2.01. The summed E-state index contributed by atoms with van der Waals surface area (Å²) < 4.78 is 1.37. The minimum atomic E-state index is -0.194. The van der Waals surface area contributed by atoms with E-state index in [0.29, 0.717) is 22.0 Å². The zero-order valence-corrected chi connectivity index (χ0v) is 14.3. The van der Waals surface area contributed by atoms with Crippen LogP contribution in [0.3, 0.4) is 0 Å². The number of benzene rings is 1. The maximum absolute atomic E-state index is 13.1. The van der Waals surface area contributed by atoms with Crippen LogP contribution >= 0.6 is 11.3 Å². The highest BCUT2D eigenvalue weighted by Gasteiger charge is 2.22. The summed E-state index contributed by atoms with van der Waals surface area (Å²) in [5, 5.41) is 5.95. The van der Waals surface area contributed by atoms with Crippen LogP contribution in [-0.4, -0.2) is 25.7 Å². The molecule has 120 valence electrons. The minimum absolute atomic E-state index is 0.194. The fraction of sp³-hybridized carbons (Fsp3) is 0.176. The number of aromatic nitrogens is 4. The highest BCUT2D eigenvalue weighted by Crippen LogP contribution is 2.32. The molecule has 2 N–H and O–H groups in total. The average molecular weight is 337 g/mol. The summed E-state index contributed by atoms with van der Waals surface area (Å²) in [6, 6.07) is 7.44. The van der Waals surface area contributed by atoms with Gasteiger partial charge in [-0.15, -0.1) is 16.4 Å². The number of hydrogen-bond acceptors (Lipinski definition) is 6. The molecule has 0 unspecified atom stereocenters. The Morgan fingerprint density at radius 2 is 1.92 bits per heavy atom. The molecule has 24 heavy (non-hydrogen) atoms. The number of carbonyl (C=O) groups is 1. The lowest BCUT2D eigenvalue weighted by atomic mass is 10.1. The van der Waals surface area contributed by atoms with Crippen molar-refractivity contribution in [3.63, 3.8) is 0 Å².